The Morgan fingerprint density at radius 3 is 2.68 bits per heavy atom. The van der Waals surface area contributed by atoms with E-state index in [2.05, 4.69) is 20.7 Å². The van der Waals surface area contributed by atoms with Gasteiger partial charge in [-0.15, -0.1) is 0 Å². The Bertz CT molecular complexity index is 641. The fourth-order valence-electron chi connectivity index (χ4n) is 2.42. The Morgan fingerprint density at radius 2 is 2.12 bits per heavy atom. The van der Waals surface area contributed by atoms with Gasteiger partial charge in [-0.3, -0.25) is 4.79 Å². The van der Waals surface area contributed by atoms with E-state index in [-0.39, 0.29) is 29.3 Å². The number of hydrogen-bond donors (Lipinski definition) is 4. The summed E-state index contributed by atoms with van der Waals surface area (Å²) in [4.78, 5) is 20.6. The highest BCUT2D eigenvalue weighted by molar-refractivity contribution is 5.76. The molecular weight excluding hydrogens is 343 g/mol. The van der Waals surface area contributed by atoms with Crippen LogP contribution in [0.1, 0.15) is 20.3 Å². The van der Waals surface area contributed by atoms with Crippen LogP contribution in [0.5, 0.6) is 6.01 Å². The summed E-state index contributed by atoms with van der Waals surface area (Å²) in [7, 11) is 0. The average Bonchev–Trinajstić information content (AvgIpc) is 2.95. The number of halogens is 3. The van der Waals surface area contributed by atoms with Crippen molar-refractivity contribution in [2.75, 3.05) is 29.1 Å². The summed E-state index contributed by atoms with van der Waals surface area (Å²) in [5, 5.41) is 2.77. The standard InChI is InChI=1S/C13H20F3N7O2/c1-6(13(14,15)16)25-12-20-10(22-18)9(17)11(21-12)23-4-3-8(5-23)19-7(2)24/h6,8H,3-5,17-18H2,1-2H3,(H,19,24)(H,20,21,22). The number of ether oxygens (including phenoxy) is 1. The van der Waals surface area contributed by atoms with E-state index in [1.54, 1.807) is 4.90 Å². The smallest absolute Gasteiger partial charge is 0.425 e. The van der Waals surface area contributed by atoms with Crippen molar-refractivity contribution >= 4 is 23.2 Å². The van der Waals surface area contributed by atoms with Gasteiger partial charge in [-0.25, -0.2) is 5.84 Å². The van der Waals surface area contributed by atoms with Crippen LogP contribution in [-0.2, 0) is 4.79 Å². The zero-order chi connectivity index (χ0) is 18.8. The number of alkyl halides is 3. The van der Waals surface area contributed by atoms with Crippen LogP contribution in [0.4, 0.5) is 30.5 Å². The summed E-state index contributed by atoms with van der Waals surface area (Å²) >= 11 is 0. The summed E-state index contributed by atoms with van der Waals surface area (Å²) in [6.07, 6.45) is -6.02. The number of nitrogen functional groups attached to an aromatic ring is 2. The van der Waals surface area contributed by atoms with Gasteiger partial charge in [0.2, 0.25) is 5.91 Å². The molecule has 2 rings (SSSR count). The lowest BCUT2D eigenvalue weighted by Gasteiger charge is -2.22. The molecule has 1 aromatic heterocycles. The average molecular weight is 363 g/mol. The normalized spacial score (nSPS) is 18.8. The van der Waals surface area contributed by atoms with Crippen LogP contribution in [0.15, 0.2) is 0 Å². The first-order valence-electron chi connectivity index (χ1n) is 7.51. The number of hydrazine groups is 1. The minimum atomic E-state index is -4.56. The Balaban J connectivity index is 2.25. The van der Waals surface area contributed by atoms with Crippen LogP contribution < -0.4 is 32.0 Å². The molecule has 0 bridgehead atoms. The molecule has 0 spiro atoms. The second kappa shape index (κ2) is 7.17. The minimum absolute atomic E-state index is 0.0441. The van der Waals surface area contributed by atoms with Crippen LogP contribution in [0.3, 0.4) is 0 Å². The second-order valence-electron chi connectivity index (χ2n) is 5.67. The van der Waals surface area contributed by atoms with Crippen LogP contribution >= 0.6 is 0 Å². The highest BCUT2D eigenvalue weighted by Crippen LogP contribution is 2.32. The van der Waals surface area contributed by atoms with E-state index < -0.39 is 18.3 Å². The monoisotopic (exact) mass is 363 g/mol. The van der Waals surface area contributed by atoms with Gasteiger partial charge in [-0.1, -0.05) is 0 Å². The highest BCUT2D eigenvalue weighted by Gasteiger charge is 2.39. The molecule has 1 amide bonds. The summed E-state index contributed by atoms with van der Waals surface area (Å²) in [6, 6.07) is -0.607. The maximum absolute atomic E-state index is 12.7. The van der Waals surface area contributed by atoms with Crippen molar-refractivity contribution in [1.82, 2.24) is 15.3 Å². The molecule has 9 nitrogen and oxygen atoms in total. The number of aromatic nitrogens is 2. The molecule has 140 valence electrons. The van der Waals surface area contributed by atoms with Gasteiger partial charge in [0.15, 0.2) is 17.7 Å². The molecule has 2 unspecified atom stereocenters. The van der Waals surface area contributed by atoms with Crippen LogP contribution in [-0.4, -0.2) is 47.3 Å². The molecule has 1 aliphatic rings. The second-order valence-corrected chi connectivity index (χ2v) is 5.67. The molecule has 1 fully saturated rings. The van der Waals surface area contributed by atoms with Crippen molar-refractivity contribution in [2.45, 2.75) is 38.6 Å². The van der Waals surface area contributed by atoms with E-state index in [9.17, 15) is 18.0 Å². The molecular formula is C13H20F3N7O2. The fourth-order valence-corrected chi connectivity index (χ4v) is 2.42. The van der Waals surface area contributed by atoms with E-state index in [1.165, 1.54) is 6.92 Å². The highest BCUT2D eigenvalue weighted by atomic mass is 19.4. The molecule has 0 radical (unpaired) electrons. The van der Waals surface area contributed by atoms with E-state index >= 15 is 0 Å². The molecule has 0 saturated carbocycles. The number of carbonyl (C=O) groups excluding carboxylic acids is 1. The van der Waals surface area contributed by atoms with Gasteiger partial charge in [0.05, 0.1) is 0 Å². The number of nitrogens with zero attached hydrogens (tertiary/aromatic N) is 3. The van der Waals surface area contributed by atoms with Gasteiger partial charge < -0.3 is 26.1 Å². The van der Waals surface area contributed by atoms with Gasteiger partial charge >= 0.3 is 12.2 Å². The Kier molecular flexibility index (Phi) is 5.40. The zero-order valence-corrected chi connectivity index (χ0v) is 13.7. The first-order chi connectivity index (χ1) is 11.6. The van der Waals surface area contributed by atoms with Crippen LogP contribution in [0, 0.1) is 0 Å². The largest absolute Gasteiger partial charge is 0.451 e. The Morgan fingerprint density at radius 1 is 1.44 bits per heavy atom. The van der Waals surface area contributed by atoms with Crippen LogP contribution in [0.2, 0.25) is 0 Å². The number of rotatable bonds is 5. The lowest BCUT2D eigenvalue weighted by Crippen LogP contribution is -2.36. The molecule has 6 N–H and O–H groups in total. The van der Waals surface area contributed by atoms with Crippen molar-refractivity contribution in [3.8, 4) is 6.01 Å². The third-order valence-corrected chi connectivity index (χ3v) is 3.68. The van der Waals surface area contributed by atoms with Crippen LogP contribution in [0.25, 0.3) is 0 Å². The van der Waals surface area contributed by atoms with Crippen molar-refractivity contribution in [2.24, 2.45) is 5.84 Å². The first kappa shape index (κ1) is 18.8. The molecule has 2 heterocycles. The Hall–Kier alpha value is -2.50. The maximum atomic E-state index is 12.7. The van der Waals surface area contributed by atoms with Gasteiger partial charge in [0, 0.05) is 26.1 Å². The maximum Gasteiger partial charge on any atom is 0.425 e. The van der Waals surface area contributed by atoms with E-state index in [0.29, 0.717) is 19.5 Å². The van der Waals surface area contributed by atoms with Crippen molar-refractivity contribution in [3.63, 3.8) is 0 Å². The predicted octanol–water partition coefficient (Wildman–Crippen LogP) is 0.389. The third kappa shape index (κ3) is 4.53. The zero-order valence-electron chi connectivity index (χ0n) is 13.7. The topological polar surface area (TPSA) is 131 Å². The molecule has 2 atom stereocenters. The molecule has 1 saturated heterocycles. The van der Waals surface area contributed by atoms with E-state index in [4.69, 9.17) is 16.3 Å². The molecule has 0 aliphatic carbocycles. The summed E-state index contributed by atoms with van der Waals surface area (Å²) in [6.45, 7) is 3.16. The van der Waals surface area contributed by atoms with Crippen molar-refractivity contribution in [3.05, 3.63) is 0 Å². The molecule has 12 heteroatoms. The van der Waals surface area contributed by atoms with Gasteiger partial charge in [-0.05, 0) is 13.3 Å². The quantitative estimate of drug-likeness (QED) is 0.436. The van der Waals surface area contributed by atoms with E-state index in [1.807, 2.05) is 0 Å². The summed E-state index contributed by atoms with van der Waals surface area (Å²) in [5.41, 5.74) is 8.23. The molecule has 1 aromatic rings. The summed E-state index contributed by atoms with van der Waals surface area (Å²) < 4.78 is 42.8. The van der Waals surface area contributed by atoms with Gasteiger partial charge in [-0.2, -0.15) is 23.1 Å². The number of hydrogen-bond acceptors (Lipinski definition) is 8. The van der Waals surface area contributed by atoms with Crippen molar-refractivity contribution < 1.29 is 22.7 Å². The molecule has 0 aromatic carbocycles. The molecule has 25 heavy (non-hydrogen) atoms. The lowest BCUT2D eigenvalue weighted by molar-refractivity contribution is -0.190. The molecule has 1 aliphatic heterocycles. The predicted molar refractivity (Wildman–Crippen MR) is 84.8 cm³/mol. The van der Waals surface area contributed by atoms with Gasteiger partial charge in [0.1, 0.15) is 5.69 Å². The lowest BCUT2D eigenvalue weighted by atomic mass is 10.2. The number of nitrogens with two attached hydrogens (primary N) is 2. The van der Waals surface area contributed by atoms with E-state index in [0.717, 1.165) is 6.92 Å². The number of amides is 1. The summed E-state index contributed by atoms with van der Waals surface area (Å²) in [5.74, 6) is 5.30. The van der Waals surface area contributed by atoms with Gasteiger partial charge in [0.25, 0.3) is 0 Å². The Labute approximate surface area is 141 Å². The number of carbonyl (C=O) groups is 1. The minimum Gasteiger partial charge on any atom is -0.451 e. The number of nitrogens with one attached hydrogen (secondary N) is 2. The fraction of sp³-hybridized carbons (Fsp3) is 0.615. The third-order valence-electron chi connectivity index (χ3n) is 3.68. The van der Waals surface area contributed by atoms with Crippen molar-refractivity contribution in [1.29, 1.82) is 0 Å². The SMILES string of the molecule is CC(=O)NC1CCN(c2nc(OC(C)C(F)(F)F)nc(NN)c2N)C1. The number of anilines is 3. The first-order valence-corrected chi connectivity index (χ1v) is 7.51.